The first-order valence-electron chi connectivity index (χ1n) is 8.86. The normalized spacial score (nSPS) is 15.6. The summed E-state index contributed by atoms with van der Waals surface area (Å²) in [4.78, 5) is 4.30. The van der Waals surface area contributed by atoms with E-state index in [0.29, 0.717) is 19.8 Å². The zero-order valence-electron chi connectivity index (χ0n) is 15.8. The Kier molecular flexibility index (Phi) is 7.37. The van der Waals surface area contributed by atoms with E-state index in [1.807, 2.05) is 12.1 Å². The van der Waals surface area contributed by atoms with Crippen LogP contribution in [-0.4, -0.2) is 52.9 Å². The second-order valence-corrected chi connectivity index (χ2v) is 8.86. The third-order valence-electron chi connectivity index (χ3n) is 4.37. The number of benzene rings is 2. The molecule has 1 N–H and O–H groups in total. The molecule has 1 heterocycles. The first kappa shape index (κ1) is 21.9. The number of nitrogens with one attached hydrogen (secondary N) is 1. The fourth-order valence-electron chi connectivity index (χ4n) is 2.91. The molecule has 0 radical (unpaired) electrons. The van der Waals surface area contributed by atoms with Crippen LogP contribution in [0.5, 0.6) is 5.75 Å². The maximum absolute atomic E-state index is 12.4. The van der Waals surface area contributed by atoms with E-state index >= 15 is 0 Å². The molecule has 0 aromatic heterocycles. The van der Waals surface area contributed by atoms with Crippen LogP contribution in [0, 0.1) is 0 Å². The molecule has 2 aromatic rings. The molecule has 0 amide bonds. The summed E-state index contributed by atoms with van der Waals surface area (Å²) in [6.07, 6.45) is 1.43. The summed E-state index contributed by atoms with van der Waals surface area (Å²) in [5.74, 6) is 0.764. The average Bonchev–Trinajstić information content (AvgIpc) is 2.70. The van der Waals surface area contributed by atoms with Crippen LogP contribution in [0.15, 0.2) is 46.4 Å². The SMILES string of the molecule is COc1ccc(/C=N\NS(=O)(=O)c2cc(Cl)ccc2Cl)cc1CN1CCOCC1. The van der Waals surface area contributed by atoms with E-state index in [2.05, 4.69) is 14.8 Å². The number of ether oxygens (including phenoxy) is 2. The number of rotatable bonds is 7. The number of methoxy groups -OCH3 is 1. The smallest absolute Gasteiger partial charge is 0.278 e. The van der Waals surface area contributed by atoms with Crippen molar-refractivity contribution in [2.45, 2.75) is 11.4 Å². The Morgan fingerprint density at radius 1 is 1.21 bits per heavy atom. The van der Waals surface area contributed by atoms with Crippen molar-refractivity contribution in [1.29, 1.82) is 0 Å². The maximum Gasteiger partial charge on any atom is 0.278 e. The number of morpholine rings is 1. The van der Waals surface area contributed by atoms with Gasteiger partial charge in [-0.15, -0.1) is 0 Å². The number of nitrogens with zero attached hydrogens (tertiary/aromatic N) is 2. The lowest BCUT2D eigenvalue weighted by molar-refractivity contribution is 0.0339. The quantitative estimate of drug-likeness (QED) is 0.510. The molecule has 156 valence electrons. The predicted molar refractivity (Wildman–Crippen MR) is 113 cm³/mol. The molecule has 7 nitrogen and oxygen atoms in total. The van der Waals surface area contributed by atoms with Gasteiger partial charge in [-0.25, -0.2) is 4.83 Å². The molecule has 0 spiro atoms. The minimum absolute atomic E-state index is 0.0642. The molecule has 3 rings (SSSR count). The van der Waals surface area contributed by atoms with E-state index in [1.165, 1.54) is 24.4 Å². The van der Waals surface area contributed by atoms with E-state index in [1.54, 1.807) is 13.2 Å². The lowest BCUT2D eigenvalue weighted by Crippen LogP contribution is -2.35. The van der Waals surface area contributed by atoms with E-state index in [-0.39, 0.29) is 14.9 Å². The van der Waals surface area contributed by atoms with Gasteiger partial charge in [0.15, 0.2) is 0 Å². The lowest BCUT2D eigenvalue weighted by atomic mass is 10.1. The maximum atomic E-state index is 12.4. The zero-order chi connectivity index (χ0) is 20.9. The van der Waals surface area contributed by atoms with E-state index in [9.17, 15) is 8.42 Å². The minimum Gasteiger partial charge on any atom is -0.496 e. The van der Waals surface area contributed by atoms with Crippen molar-refractivity contribution >= 4 is 39.4 Å². The monoisotopic (exact) mass is 457 g/mol. The van der Waals surface area contributed by atoms with Crippen LogP contribution in [0.1, 0.15) is 11.1 Å². The Hall–Kier alpha value is -1.84. The molecule has 0 aliphatic carbocycles. The Bertz CT molecular complexity index is 993. The van der Waals surface area contributed by atoms with Gasteiger partial charge in [0.25, 0.3) is 10.0 Å². The number of hydrogen-bond acceptors (Lipinski definition) is 6. The van der Waals surface area contributed by atoms with Crippen LogP contribution in [0.2, 0.25) is 10.0 Å². The molecule has 0 saturated carbocycles. The van der Waals surface area contributed by atoms with Crippen molar-refractivity contribution in [2.24, 2.45) is 5.10 Å². The summed E-state index contributed by atoms with van der Waals surface area (Å²) in [6, 6.07) is 9.75. The molecular formula is C19H21Cl2N3O4S. The van der Waals surface area contributed by atoms with Gasteiger partial charge in [0.2, 0.25) is 0 Å². The number of hydrogen-bond donors (Lipinski definition) is 1. The first-order valence-corrected chi connectivity index (χ1v) is 11.1. The Balaban J connectivity index is 1.74. The van der Waals surface area contributed by atoms with Crippen molar-refractivity contribution in [3.05, 3.63) is 57.6 Å². The molecule has 1 fully saturated rings. The summed E-state index contributed by atoms with van der Waals surface area (Å²) >= 11 is 11.8. The van der Waals surface area contributed by atoms with Gasteiger partial charge >= 0.3 is 0 Å². The summed E-state index contributed by atoms with van der Waals surface area (Å²) in [5, 5.41) is 4.19. The van der Waals surface area contributed by atoms with Crippen LogP contribution in [0.3, 0.4) is 0 Å². The van der Waals surface area contributed by atoms with Crippen LogP contribution in [0.4, 0.5) is 0 Å². The molecule has 1 saturated heterocycles. The summed E-state index contributed by atoms with van der Waals surface area (Å²) in [6.45, 7) is 3.82. The summed E-state index contributed by atoms with van der Waals surface area (Å²) in [5.41, 5.74) is 1.72. The third-order valence-corrected chi connectivity index (χ3v) is 6.31. The van der Waals surface area contributed by atoms with Gasteiger partial charge in [-0.2, -0.15) is 13.5 Å². The fraction of sp³-hybridized carbons (Fsp3) is 0.316. The molecule has 10 heteroatoms. The molecule has 1 aliphatic rings. The standard InChI is InChI=1S/C19H21Cl2N3O4S/c1-27-18-5-2-14(10-15(18)13-24-6-8-28-9-7-24)12-22-23-29(25,26)19-11-16(20)3-4-17(19)21/h2-5,10-12,23H,6-9,13H2,1H3/b22-12-. The summed E-state index contributed by atoms with van der Waals surface area (Å²) in [7, 11) is -2.32. The van der Waals surface area contributed by atoms with E-state index in [4.69, 9.17) is 32.7 Å². The van der Waals surface area contributed by atoms with Gasteiger partial charge in [-0.05, 0) is 42.0 Å². The van der Waals surface area contributed by atoms with Crippen molar-refractivity contribution in [3.63, 3.8) is 0 Å². The van der Waals surface area contributed by atoms with Crippen molar-refractivity contribution < 1.29 is 17.9 Å². The minimum atomic E-state index is -3.94. The Morgan fingerprint density at radius 3 is 2.69 bits per heavy atom. The fourth-order valence-corrected chi connectivity index (χ4v) is 4.46. The Morgan fingerprint density at radius 2 is 1.97 bits per heavy atom. The van der Waals surface area contributed by atoms with Gasteiger partial charge in [0, 0.05) is 30.2 Å². The molecule has 0 atom stereocenters. The predicted octanol–water partition coefficient (Wildman–Crippen LogP) is 3.15. The van der Waals surface area contributed by atoms with Crippen molar-refractivity contribution in [2.75, 3.05) is 33.4 Å². The highest BCUT2D eigenvalue weighted by molar-refractivity contribution is 7.89. The topological polar surface area (TPSA) is 80.2 Å². The van der Waals surface area contributed by atoms with Gasteiger partial charge < -0.3 is 9.47 Å². The molecular weight excluding hydrogens is 437 g/mol. The Labute approximate surface area is 180 Å². The van der Waals surface area contributed by atoms with Crippen molar-refractivity contribution in [1.82, 2.24) is 9.73 Å². The number of sulfonamides is 1. The van der Waals surface area contributed by atoms with Crippen LogP contribution in [0.25, 0.3) is 0 Å². The van der Waals surface area contributed by atoms with Crippen LogP contribution < -0.4 is 9.57 Å². The highest BCUT2D eigenvalue weighted by Gasteiger charge is 2.18. The van der Waals surface area contributed by atoms with Crippen LogP contribution >= 0.6 is 23.2 Å². The number of halogens is 2. The third kappa shape index (κ3) is 5.83. The highest BCUT2D eigenvalue weighted by Crippen LogP contribution is 2.25. The number of hydrazone groups is 1. The van der Waals surface area contributed by atoms with Gasteiger partial charge in [-0.3, -0.25) is 4.90 Å². The molecule has 0 unspecified atom stereocenters. The van der Waals surface area contributed by atoms with Crippen LogP contribution in [-0.2, 0) is 21.3 Å². The molecule has 29 heavy (non-hydrogen) atoms. The second-order valence-electron chi connectivity index (χ2n) is 6.39. The van der Waals surface area contributed by atoms with Crippen molar-refractivity contribution in [3.8, 4) is 5.75 Å². The second kappa shape index (κ2) is 9.77. The van der Waals surface area contributed by atoms with E-state index in [0.717, 1.165) is 30.0 Å². The summed E-state index contributed by atoms with van der Waals surface area (Å²) < 4.78 is 35.7. The molecule has 2 aromatic carbocycles. The van der Waals surface area contributed by atoms with E-state index < -0.39 is 10.0 Å². The van der Waals surface area contributed by atoms with Gasteiger partial charge in [0.05, 0.1) is 31.6 Å². The first-order chi connectivity index (χ1) is 13.9. The van der Waals surface area contributed by atoms with Gasteiger partial charge in [0.1, 0.15) is 10.6 Å². The largest absolute Gasteiger partial charge is 0.496 e. The molecule has 0 bridgehead atoms. The van der Waals surface area contributed by atoms with Gasteiger partial charge in [-0.1, -0.05) is 23.2 Å². The molecule has 1 aliphatic heterocycles. The lowest BCUT2D eigenvalue weighted by Gasteiger charge is -2.27. The highest BCUT2D eigenvalue weighted by atomic mass is 35.5. The zero-order valence-corrected chi connectivity index (χ0v) is 18.1. The average molecular weight is 458 g/mol.